The van der Waals surface area contributed by atoms with Gasteiger partial charge in [0.2, 0.25) is 0 Å². The molecule has 0 aliphatic carbocycles. The molecule has 0 aliphatic rings. The maximum absolute atomic E-state index is 4.51. The van der Waals surface area contributed by atoms with Gasteiger partial charge in [-0.25, -0.2) is 0 Å². The fraction of sp³-hybridized carbons (Fsp3) is 0.467. The van der Waals surface area contributed by atoms with Crippen LogP contribution in [0.2, 0.25) is 0 Å². The summed E-state index contributed by atoms with van der Waals surface area (Å²) in [7, 11) is 3.99. The Morgan fingerprint density at radius 3 is 2.79 bits per heavy atom. The molecule has 0 aliphatic heterocycles. The Morgan fingerprint density at radius 2 is 2.21 bits per heavy atom. The molecule has 1 N–H and O–H groups in total. The first kappa shape index (κ1) is 13.7. The van der Waals surface area contributed by atoms with Crippen LogP contribution in [0.1, 0.15) is 35.6 Å². The van der Waals surface area contributed by atoms with E-state index in [1.807, 2.05) is 31.0 Å². The molecule has 2 heterocycles. The fourth-order valence-electron chi connectivity index (χ4n) is 2.34. The van der Waals surface area contributed by atoms with E-state index in [0.717, 1.165) is 24.2 Å². The summed E-state index contributed by atoms with van der Waals surface area (Å²) in [6.45, 7) is 4.23. The van der Waals surface area contributed by atoms with Crippen LogP contribution in [0.15, 0.2) is 24.4 Å². The lowest BCUT2D eigenvalue weighted by Gasteiger charge is -2.17. The minimum absolute atomic E-state index is 0.223. The lowest BCUT2D eigenvalue weighted by molar-refractivity contribution is 0.546. The van der Waals surface area contributed by atoms with Crippen molar-refractivity contribution >= 4 is 0 Å². The van der Waals surface area contributed by atoms with Crippen molar-refractivity contribution in [3.63, 3.8) is 0 Å². The molecule has 0 spiro atoms. The van der Waals surface area contributed by atoms with Crippen LogP contribution in [0.4, 0.5) is 0 Å². The number of pyridine rings is 1. The summed E-state index contributed by atoms with van der Waals surface area (Å²) in [5, 5.41) is 7.86. The smallest absolute Gasteiger partial charge is 0.0624 e. The largest absolute Gasteiger partial charge is 0.311 e. The second kappa shape index (κ2) is 5.97. The van der Waals surface area contributed by atoms with Gasteiger partial charge in [-0.2, -0.15) is 5.10 Å². The molecule has 0 aromatic carbocycles. The molecule has 4 heteroatoms. The van der Waals surface area contributed by atoms with Crippen LogP contribution in [-0.2, 0) is 19.9 Å². The van der Waals surface area contributed by atoms with E-state index in [0.29, 0.717) is 0 Å². The van der Waals surface area contributed by atoms with Gasteiger partial charge in [0.15, 0.2) is 0 Å². The Balaban J connectivity index is 2.24. The molecule has 19 heavy (non-hydrogen) atoms. The molecule has 0 fully saturated rings. The molecule has 0 saturated heterocycles. The maximum Gasteiger partial charge on any atom is 0.0624 e. The number of rotatable bonds is 5. The van der Waals surface area contributed by atoms with Crippen LogP contribution in [0.3, 0.4) is 0 Å². The highest BCUT2D eigenvalue weighted by Crippen LogP contribution is 2.19. The van der Waals surface area contributed by atoms with E-state index in [4.69, 9.17) is 0 Å². The molecular weight excluding hydrogens is 236 g/mol. The topological polar surface area (TPSA) is 42.7 Å². The fourth-order valence-corrected chi connectivity index (χ4v) is 2.34. The van der Waals surface area contributed by atoms with E-state index < -0.39 is 0 Å². The first-order valence-corrected chi connectivity index (χ1v) is 6.76. The number of likely N-dealkylation sites (N-methyl/N-ethyl adjacent to an activating group) is 1. The van der Waals surface area contributed by atoms with Gasteiger partial charge in [0.25, 0.3) is 0 Å². The number of nitrogens with one attached hydrogen (secondary N) is 1. The molecule has 2 aromatic rings. The summed E-state index contributed by atoms with van der Waals surface area (Å²) >= 11 is 0. The van der Waals surface area contributed by atoms with Crippen molar-refractivity contribution in [1.29, 1.82) is 0 Å². The van der Waals surface area contributed by atoms with Crippen LogP contribution in [0.5, 0.6) is 0 Å². The standard InChI is InChI=1S/C15H22N4/c1-5-12-9-13(19(4)18-12)10-14(16-3)15-11(2)7-6-8-17-15/h6-9,14,16H,5,10H2,1-4H3. The van der Waals surface area contributed by atoms with Crippen molar-refractivity contribution in [2.24, 2.45) is 7.05 Å². The zero-order chi connectivity index (χ0) is 13.8. The number of aromatic nitrogens is 3. The maximum atomic E-state index is 4.51. The number of hydrogen-bond donors (Lipinski definition) is 1. The number of aryl methyl sites for hydroxylation is 3. The monoisotopic (exact) mass is 258 g/mol. The van der Waals surface area contributed by atoms with E-state index in [1.165, 1.54) is 11.3 Å². The Morgan fingerprint density at radius 1 is 1.42 bits per heavy atom. The van der Waals surface area contributed by atoms with Crippen LogP contribution in [0.25, 0.3) is 0 Å². The molecule has 1 atom stereocenters. The molecule has 2 aromatic heterocycles. The minimum Gasteiger partial charge on any atom is -0.311 e. The molecule has 4 nitrogen and oxygen atoms in total. The van der Waals surface area contributed by atoms with Crippen LogP contribution in [0, 0.1) is 6.92 Å². The van der Waals surface area contributed by atoms with Gasteiger partial charge in [-0.15, -0.1) is 0 Å². The van der Waals surface area contributed by atoms with Crippen molar-refractivity contribution in [2.45, 2.75) is 32.7 Å². The predicted octanol–water partition coefficient (Wildman–Crippen LogP) is 2.19. The first-order valence-electron chi connectivity index (χ1n) is 6.76. The van der Waals surface area contributed by atoms with Gasteiger partial charge in [0.05, 0.1) is 17.4 Å². The summed E-state index contributed by atoms with van der Waals surface area (Å²) in [4.78, 5) is 4.51. The third kappa shape index (κ3) is 3.01. The Kier molecular flexibility index (Phi) is 4.32. The second-order valence-electron chi connectivity index (χ2n) is 4.86. The summed E-state index contributed by atoms with van der Waals surface area (Å²) < 4.78 is 1.97. The highest BCUT2D eigenvalue weighted by molar-refractivity contribution is 5.23. The molecule has 0 bridgehead atoms. The summed E-state index contributed by atoms with van der Waals surface area (Å²) in [5.41, 5.74) is 4.72. The van der Waals surface area contributed by atoms with Crippen molar-refractivity contribution in [3.8, 4) is 0 Å². The molecule has 0 saturated carbocycles. The predicted molar refractivity (Wildman–Crippen MR) is 77.1 cm³/mol. The summed E-state index contributed by atoms with van der Waals surface area (Å²) in [6.07, 6.45) is 3.73. The van der Waals surface area contributed by atoms with E-state index in [2.05, 4.69) is 41.4 Å². The highest BCUT2D eigenvalue weighted by Gasteiger charge is 2.16. The second-order valence-corrected chi connectivity index (χ2v) is 4.86. The zero-order valence-electron chi connectivity index (χ0n) is 12.1. The highest BCUT2D eigenvalue weighted by atomic mass is 15.3. The molecule has 1 unspecified atom stereocenters. The van der Waals surface area contributed by atoms with Gasteiger partial charge in [-0.05, 0) is 38.1 Å². The Labute approximate surface area is 114 Å². The normalized spacial score (nSPS) is 12.6. The van der Waals surface area contributed by atoms with Crippen LogP contribution in [-0.4, -0.2) is 21.8 Å². The van der Waals surface area contributed by atoms with E-state index in [-0.39, 0.29) is 6.04 Å². The average Bonchev–Trinajstić information content (AvgIpc) is 2.77. The van der Waals surface area contributed by atoms with E-state index in [9.17, 15) is 0 Å². The lowest BCUT2D eigenvalue weighted by atomic mass is 10.0. The third-order valence-electron chi connectivity index (χ3n) is 3.53. The third-order valence-corrected chi connectivity index (χ3v) is 3.53. The molecule has 0 radical (unpaired) electrons. The van der Waals surface area contributed by atoms with Gasteiger partial charge in [-0.1, -0.05) is 13.0 Å². The first-order chi connectivity index (χ1) is 9.15. The molecule has 102 valence electrons. The van der Waals surface area contributed by atoms with Gasteiger partial charge < -0.3 is 5.32 Å². The molecule has 2 rings (SSSR count). The van der Waals surface area contributed by atoms with Gasteiger partial charge in [0, 0.05) is 25.4 Å². The Bertz CT molecular complexity index is 545. The van der Waals surface area contributed by atoms with Gasteiger partial charge in [0.1, 0.15) is 0 Å². The molecule has 0 amide bonds. The lowest BCUT2D eigenvalue weighted by Crippen LogP contribution is -2.22. The van der Waals surface area contributed by atoms with Gasteiger partial charge in [-0.3, -0.25) is 9.67 Å². The average molecular weight is 258 g/mol. The Hall–Kier alpha value is -1.68. The molecular formula is C15H22N4. The van der Waals surface area contributed by atoms with E-state index >= 15 is 0 Å². The van der Waals surface area contributed by atoms with Crippen LogP contribution >= 0.6 is 0 Å². The zero-order valence-corrected chi connectivity index (χ0v) is 12.1. The van der Waals surface area contributed by atoms with Crippen molar-refractivity contribution < 1.29 is 0 Å². The summed E-state index contributed by atoms with van der Waals surface area (Å²) in [6, 6.07) is 6.49. The van der Waals surface area contributed by atoms with Crippen LogP contribution < -0.4 is 5.32 Å². The quantitative estimate of drug-likeness (QED) is 0.894. The van der Waals surface area contributed by atoms with Crippen molar-refractivity contribution in [3.05, 3.63) is 47.0 Å². The van der Waals surface area contributed by atoms with Crippen molar-refractivity contribution in [2.75, 3.05) is 7.05 Å². The minimum atomic E-state index is 0.223. The number of hydrogen-bond acceptors (Lipinski definition) is 3. The SMILES string of the molecule is CCc1cc(CC(NC)c2ncccc2C)n(C)n1. The number of nitrogens with zero attached hydrogens (tertiary/aromatic N) is 3. The van der Waals surface area contributed by atoms with E-state index in [1.54, 1.807) is 0 Å². The van der Waals surface area contributed by atoms with Crippen molar-refractivity contribution in [1.82, 2.24) is 20.1 Å². The van der Waals surface area contributed by atoms with Gasteiger partial charge >= 0.3 is 0 Å². The summed E-state index contributed by atoms with van der Waals surface area (Å²) in [5.74, 6) is 0.